The summed E-state index contributed by atoms with van der Waals surface area (Å²) < 4.78 is 22.6. The van der Waals surface area contributed by atoms with Crippen LogP contribution in [0.1, 0.15) is 20.3 Å². The fraction of sp³-hybridized carbons (Fsp3) is 0.429. The van der Waals surface area contributed by atoms with Crippen molar-refractivity contribution in [3.05, 3.63) is 24.3 Å². The number of aliphatic carboxylic acids is 1. The third-order valence-electron chi connectivity index (χ3n) is 3.21. The number of nitrogens with zero attached hydrogens (tertiary/aromatic N) is 1. The van der Waals surface area contributed by atoms with Gasteiger partial charge in [0.1, 0.15) is 0 Å². The first kappa shape index (κ1) is 19.1. The molecule has 1 aromatic rings. The van der Waals surface area contributed by atoms with Crippen LogP contribution in [0.3, 0.4) is 0 Å². The van der Waals surface area contributed by atoms with Crippen LogP contribution >= 0.6 is 0 Å². The van der Waals surface area contributed by atoms with Crippen molar-refractivity contribution in [3.8, 4) is 0 Å². The Morgan fingerprint density at radius 3 is 2.57 bits per heavy atom. The third kappa shape index (κ3) is 5.97. The number of carbonyl (C=O) groups is 2. The molecule has 0 radical (unpaired) electrons. The van der Waals surface area contributed by atoms with Crippen LogP contribution in [-0.4, -0.2) is 49.4 Å². The maximum Gasteiger partial charge on any atom is 0.317 e. The lowest BCUT2D eigenvalue weighted by Crippen LogP contribution is -2.44. The van der Waals surface area contributed by atoms with Gasteiger partial charge in [0, 0.05) is 5.69 Å². The molecule has 0 aliphatic rings. The van der Waals surface area contributed by atoms with Gasteiger partial charge in [-0.15, -0.1) is 0 Å². The molecule has 1 amide bonds. The number of amides is 1. The van der Waals surface area contributed by atoms with Crippen molar-refractivity contribution in [2.75, 3.05) is 18.4 Å². The zero-order valence-electron chi connectivity index (χ0n) is 13.0. The number of primary sulfonamides is 1. The molecule has 1 atom stereocenters. The van der Waals surface area contributed by atoms with E-state index >= 15 is 0 Å². The second kappa shape index (κ2) is 8.04. The van der Waals surface area contributed by atoms with Crippen molar-refractivity contribution < 1.29 is 23.1 Å². The van der Waals surface area contributed by atoms with Gasteiger partial charge in [0.05, 0.1) is 17.5 Å². The molecular formula is C14H21N3O5S. The third-order valence-corrected chi connectivity index (χ3v) is 4.12. The molecule has 0 heterocycles. The summed E-state index contributed by atoms with van der Waals surface area (Å²) in [5, 5.41) is 16.5. The Morgan fingerprint density at radius 1 is 1.39 bits per heavy atom. The summed E-state index contributed by atoms with van der Waals surface area (Å²) in [7, 11) is -3.86. The van der Waals surface area contributed by atoms with Gasteiger partial charge in [-0.1, -0.05) is 13.0 Å². The highest BCUT2D eigenvalue weighted by atomic mass is 32.2. The molecule has 0 saturated carbocycles. The summed E-state index contributed by atoms with van der Waals surface area (Å²) >= 11 is 0. The standard InChI is InChI=1S/C14H21N3O5S/c1-3-7-17(9-13(18)19)10(2)14(20)16-11-5-4-6-12(8-11)23(15,21)22/h4-6,8,10H,3,7,9H2,1-2H3,(H,16,20)(H,18,19)(H2,15,21,22). The molecule has 0 aromatic heterocycles. The number of anilines is 1. The predicted molar refractivity (Wildman–Crippen MR) is 85.4 cm³/mol. The first-order chi connectivity index (χ1) is 10.6. The summed E-state index contributed by atoms with van der Waals surface area (Å²) in [6, 6.07) is 4.88. The molecule has 0 aliphatic carbocycles. The van der Waals surface area contributed by atoms with Crippen LogP contribution < -0.4 is 10.5 Å². The van der Waals surface area contributed by atoms with Crippen LogP contribution in [0.25, 0.3) is 0 Å². The summed E-state index contributed by atoms with van der Waals surface area (Å²) in [5.41, 5.74) is 0.278. The van der Waals surface area contributed by atoms with E-state index < -0.39 is 27.9 Å². The zero-order valence-corrected chi connectivity index (χ0v) is 13.8. The minimum atomic E-state index is -3.86. The van der Waals surface area contributed by atoms with Gasteiger partial charge in [0.15, 0.2) is 0 Å². The molecule has 0 bridgehead atoms. The Hall–Kier alpha value is -1.97. The average Bonchev–Trinajstić information content (AvgIpc) is 2.45. The lowest BCUT2D eigenvalue weighted by Gasteiger charge is -2.26. The number of carbonyl (C=O) groups excluding carboxylic acids is 1. The van der Waals surface area contributed by atoms with Gasteiger partial charge in [-0.3, -0.25) is 14.5 Å². The van der Waals surface area contributed by atoms with Crippen molar-refractivity contribution in [2.24, 2.45) is 5.14 Å². The molecule has 23 heavy (non-hydrogen) atoms. The fourth-order valence-corrected chi connectivity index (χ4v) is 2.59. The molecule has 1 unspecified atom stereocenters. The van der Waals surface area contributed by atoms with Crippen LogP contribution in [0.5, 0.6) is 0 Å². The highest BCUT2D eigenvalue weighted by Gasteiger charge is 2.23. The molecule has 4 N–H and O–H groups in total. The lowest BCUT2D eigenvalue weighted by molar-refractivity contribution is -0.139. The number of carboxylic acids is 1. The second-order valence-electron chi connectivity index (χ2n) is 5.10. The molecule has 9 heteroatoms. The number of nitrogens with one attached hydrogen (secondary N) is 1. The van der Waals surface area contributed by atoms with Gasteiger partial charge in [-0.25, -0.2) is 13.6 Å². The first-order valence-corrected chi connectivity index (χ1v) is 8.59. The van der Waals surface area contributed by atoms with Gasteiger partial charge in [-0.05, 0) is 38.1 Å². The molecule has 1 rings (SSSR count). The largest absolute Gasteiger partial charge is 0.480 e. The summed E-state index contributed by atoms with van der Waals surface area (Å²) in [5.74, 6) is -1.44. The van der Waals surface area contributed by atoms with Gasteiger partial charge in [0.25, 0.3) is 0 Å². The van der Waals surface area contributed by atoms with E-state index in [9.17, 15) is 18.0 Å². The maximum atomic E-state index is 12.2. The quantitative estimate of drug-likeness (QED) is 0.628. The summed E-state index contributed by atoms with van der Waals surface area (Å²) in [4.78, 5) is 24.5. The fourth-order valence-electron chi connectivity index (χ4n) is 2.03. The molecule has 0 spiro atoms. The van der Waals surface area contributed by atoms with E-state index in [1.54, 1.807) is 6.92 Å². The molecule has 128 valence electrons. The smallest absolute Gasteiger partial charge is 0.317 e. The van der Waals surface area contributed by atoms with Crippen LogP contribution in [0, 0.1) is 0 Å². The van der Waals surface area contributed by atoms with E-state index in [1.807, 2.05) is 6.92 Å². The van der Waals surface area contributed by atoms with E-state index in [1.165, 1.54) is 29.2 Å². The van der Waals surface area contributed by atoms with Crippen molar-refractivity contribution in [3.63, 3.8) is 0 Å². The number of sulfonamides is 1. The van der Waals surface area contributed by atoms with Crippen molar-refractivity contribution >= 4 is 27.6 Å². The predicted octanol–water partition coefficient (Wildman–Crippen LogP) is 0.458. The van der Waals surface area contributed by atoms with Crippen molar-refractivity contribution in [1.82, 2.24) is 4.90 Å². The summed E-state index contributed by atoms with van der Waals surface area (Å²) in [6.45, 7) is 3.68. The monoisotopic (exact) mass is 343 g/mol. The van der Waals surface area contributed by atoms with E-state index in [0.717, 1.165) is 0 Å². The van der Waals surface area contributed by atoms with Crippen LogP contribution in [0.4, 0.5) is 5.69 Å². The van der Waals surface area contributed by atoms with Crippen LogP contribution in [-0.2, 0) is 19.6 Å². The van der Waals surface area contributed by atoms with E-state index in [0.29, 0.717) is 13.0 Å². The van der Waals surface area contributed by atoms with Gasteiger partial charge < -0.3 is 10.4 Å². The number of nitrogens with two attached hydrogens (primary N) is 1. The van der Waals surface area contributed by atoms with Crippen LogP contribution in [0.15, 0.2) is 29.2 Å². The Kier molecular flexibility index (Phi) is 6.67. The molecule has 0 fully saturated rings. The Labute approximate surface area is 135 Å². The minimum absolute atomic E-state index is 0.112. The molecule has 1 aromatic carbocycles. The van der Waals surface area contributed by atoms with Gasteiger partial charge >= 0.3 is 5.97 Å². The molecule has 0 saturated heterocycles. The van der Waals surface area contributed by atoms with Crippen molar-refractivity contribution in [1.29, 1.82) is 0 Å². The lowest BCUT2D eigenvalue weighted by atomic mass is 10.2. The molecule has 0 aliphatic heterocycles. The highest BCUT2D eigenvalue weighted by molar-refractivity contribution is 7.89. The minimum Gasteiger partial charge on any atom is -0.480 e. The Balaban J connectivity index is 2.87. The Morgan fingerprint density at radius 2 is 2.04 bits per heavy atom. The van der Waals surface area contributed by atoms with E-state index in [2.05, 4.69) is 5.32 Å². The number of rotatable bonds is 8. The number of benzene rings is 1. The first-order valence-electron chi connectivity index (χ1n) is 7.04. The SMILES string of the molecule is CCCN(CC(=O)O)C(C)C(=O)Nc1cccc(S(N)(=O)=O)c1. The van der Waals surface area contributed by atoms with Crippen LogP contribution in [0.2, 0.25) is 0 Å². The summed E-state index contributed by atoms with van der Waals surface area (Å²) in [6.07, 6.45) is 0.700. The van der Waals surface area contributed by atoms with E-state index in [-0.39, 0.29) is 17.1 Å². The molecular weight excluding hydrogens is 322 g/mol. The van der Waals surface area contributed by atoms with Gasteiger partial charge in [-0.2, -0.15) is 0 Å². The normalized spacial score (nSPS) is 12.9. The topological polar surface area (TPSA) is 130 Å². The molecule has 8 nitrogen and oxygen atoms in total. The van der Waals surface area contributed by atoms with Crippen molar-refractivity contribution in [2.45, 2.75) is 31.2 Å². The highest BCUT2D eigenvalue weighted by Crippen LogP contribution is 2.15. The zero-order chi connectivity index (χ0) is 17.6. The number of carboxylic acid groups (broad SMARTS) is 1. The van der Waals surface area contributed by atoms with E-state index in [4.69, 9.17) is 10.2 Å². The number of hydrogen-bond acceptors (Lipinski definition) is 5. The van der Waals surface area contributed by atoms with Gasteiger partial charge in [0.2, 0.25) is 15.9 Å². The Bertz CT molecular complexity index is 675. The maximum absolute atomic E-state index is 12.2. The second-order valence-corrected chi connectivity index (χ2v) is 6.66. The average molecular weight is 343 g/mol. The number of hydrogen-bond donors (Lipinski definition) is 3.